The van der Waals surface area contributed by atoms with Crippen LogP contribution in [-0.2, 0) is 4.79 Å². The van der Waals surface area contributed by atoms with Gasteiger partial charge in [0.1, 0.15) is 21.9 Å². The molecule has 0 saturated heterocycles. The van der Waals surface area contributed by atoms with Crippen LogP contribution in [0.3, 0.4) is 0 Å². The lowest BCUT2D eigenvalue weighted by molar-refractivity contribution is -0.384. The highest BCUT2D eigenvalue weighted by Gasteiger charge is 2.14. The molecule has 2 heterocycles. The number of thioether (sulfide) groups is 1. The van der Waals surface area contributed by atoms with Gasteiger partial charge in [-0.2, -0.15) is 0 Å². The molecule has 1 aromatic carbocycles. The molecule has 0 fully saturated rings. The summed E-state index contributed by atoms with van der Waals surface area (Å²) in [7, 11) is 0. The first kappa shape index (κ1) is 20.0. The average Bonchev–Trinajstić information content (AvgIpc) is 2.98. The van der Waals surface area contributed by atoms with E-state index in [1.807, 2.05) is 13.8 Å². The quantitative estimate of drug-likeness (QED) is 0.190. The Balaban J connectivity index is 1.49. The topological polar surface area (TPSA) is 110 Å². The minimum absolute atomic E-state index is 0.0126. The highest BCUT2D eigenvalue weighted by atomic mass is 32.2. The summed E-state index contributed by atoms with van der Waals surface area (Å²) in [6.07, 6.45) is 1.52. The molecule has 0 saturated carbocycles. The molecule has 2 N–H and O–H groups in total. The monoisotopic (exact) mass is 417 g/mol. The molecule has 0 atom stereocenters. The number of hydrogen-bond acceptors (Lipinski definition) is 8. The lowest BCUT2D eigenvalue weighted by atomic mass is 10.2. The van der Waals surface area contributed by atoms with E-state index < -0.39 is 4.92 Å². The molecule has 0 aliphatic rings. The molecule has 146 valence electrons. The average molecular weight is 418 g/mol. The number of nitrogens with zero attached hydrogens (tertiary/aromatic N) is 3. The van der Waals surface area contributed by atoms with Gasteiger partial charge < -0.3 is 10.6 Å². The van der Waals surface area contributed by atoms with Crippen molar-refractivity contribution in [3.05, 3.63) is 51.1 Å². The third-order valence-electron chi connectivity index (χ3n) is 4.13. The molecule has 8 nitrogen and oxygen atoms in total. The molecule has 0 spiro atoms. The molecule has 28 heavy (non-hydrogen) atoms. The number of nitro benzene ring substituents is 1. The van der Waals surface area contributed by atoms with Gasteiger partial charge in [0.2, 0.25) is 5.91 Å². The Morgan fingerprint density at radius 3 is 2.82 bits per heavy atom. The molecule has 0 aliphatic carbocycles. The molecule has 0 aliphatic heterocycles. The standard InChI is InChI=1S/C18H19N5O3S2/c1-11-12(2)28-18-16(11)17(21-10-22-18)27-9-15(24)20-8-7-19-13-5-3-4-6-14(13)23(25)26/h3-6,10,19H,7-9H2,1-2H3,(H,20,24). The van der Waals surface area contributed by atoms with Crippen LogP contribution in [0.25, 0.3) is 10.2 Å². The molecule has 3 rings (SSSR count). The van der Waals surface area contributed by atoms with E-state index in [2.05, 4.69) is 20.6 Å². The van der Waals surface area contributed by atoms with E-state index in [1.165, 1.54) is 29.0 Å². The number of para-hydroxylation sites is 2. The number of aromatic nitrogens is 2. The van der Waals surface area contributed by atoms with Gasteiger partial charge in [0.15, 0.2) is 0 Å². The van der Waals surface area contributed by atoms with Crippen LogP contribution in [-0.4, -0.2) is 39.6 Å². The first-order valence-electron chi connectivity index (χ1n) is 8.55. The van der Waals surface area contributed by atoms with Gasteiger partial charge in [0, 0.05) is 29.4 Å². The van der Waals surface area contributed by atoms with E-state index in [9.17, 15) is 14.9 Å². The molecule has 2 aromatic heterocycles. The summed E-state index contributed by atoms with van der Waals surface area (Å²) in [5.74, 6) is 0.122. The van der Waals surface area contributed by atoms with Crippen LogP contribution in [0.15, 0.2) is 35.6 Å². The van der Waals surface area contributed by atoms with Crippen LogP contribution in [0.1, 0.15) is 10.4 Å². The number of rotatable bonds is 8. The van der Waals surface area contributed by atoms with Gasteiger partial charge in [-0.05, 0) is 25.5 Å². The van der Waals surface area contributed by atoms with Crippen molar-refractivity contribution in [1.29, 1.82) is 0 Å². The number of nitro groups is 1. The molecular weight excluding hydrogens is 398 g/mol. The van der Waals surface area contributed by atoms with Crippen molar-refractivity contribution in [2.45, 2.75) is 18.9 Å². The number of fused-ring (bicyclic) bond motifs is 1. The van der Waals surface area contributed by atoms with Crippen molar-refractivity contribution in [3.8, 4) is 0 Å². The summed E-state index contributed by atoms with van der Waals surface area (Å²) in [5.41, 5.74) is 1.60. The van der Waals surface area contributed by atoms with Gasteiger partial charge in [-0.25, -0.2) is 9.97 Å². The minimum Gasteiger partial charge on any atom is -0.378 e. The number of hydrogen-bond donors (Lipinski definition) is 2. The number of carbonyl (C=O) groups is 1. The summed E-state index contributed by atoms with van der Waals surface area (Å²) >= 11 is 3.00. The highest BCUT2D eigenvalue weighted by Crippen LogP contribution is 2.34. The largest absolute Gasteiger partial charge is 0.378 e. The zero-order valence-electron chi connectivity index (χ0n) is 15.4. The molecule has 10 heteroatoms. The second-order valence-corrected chi connectivity index (χ2v) is 8.15. The second-order valence-electron chi connectivity index (χ2n) is 5.98. The van der Waals surface area contributed by atoms with Crippen molar-refractivity contribution in [2.75, 3.05) is 24.2 Å². The second kappa shape index (κ2) is 8.98. The van der Waals surface area contributed by atoms with Crippen molar-refractivity contribution < 1.29 is 9.72 Å². The zero-order chi connectivity index (χ0) is 20.1. The molecule has 1 amide bonds. The first-order chi connectivity index (χ1) is 13.5. The summed E-state index contributed by atoms with van der Waals surface area (Å²) in [5, 5.41) is 18.6. The lowest BCUT2D eigenvalue weighted by Gasteiger charge is -2.08. The normalized spacial score (nSPS) is 10.8. The minimum atomic E-state index is -0.436. The maximum absolute atomic E-state index is 12.1. The van der Waals surface area contributed by atoms with Crippen LogP contribution >= 0.6 is 23.1 Å². The Morgan fingerprint density at radius 1 is 1.25 bits per heavy atom. The van der Waals surface area contributed by atoms with Gasteiger partial charge in [0.25, 0.3) is 5.69 Å². The Labute approximate surface area is 169 Å². The predicted molar refractivity (Wildman–Crippen MR) is 112 cm³/mol. The SMILES string of the molecule is Cc1sc2ncnc(SCC(=O)NCCNc3ccccc3[N+](=O)[O-])c2c1C. The smallest absolute Gasteiger partial charge is 0.292 e. The number of nitrogens with one attached hydrogen (secondary N) is 2. The van der Waals surface area contributed by atoms with Crippen molar-refractivity contribution in [3.63, 3.8) is 0 Å². The van der Waals surface area contributed by atoms with E-state index in [1.54, 1.807) is 29.5 Å². The molecule has 0 bridgehead atoms. The van der Waals surface area contributed by atoms with E-state index in [-0.39, 0.29) is 17.3 Å². The van der Waals surface area contributed by atoms with Gasteiger partial charge >= 0.3 is 0 Å². The number of benzene rings is 1. The summed E-state index contributed by atoms with van der Waals surface area (Å²) in [6.45, 7) is 4.84. The third kappa shape index (κ3) is 4.57. The Morgan fingerprint density at radius 2 is 2.04 bits per heavy atom. The fourth-order valence-electron chi connectivity index (χ4n) is 2.63. The predicted octanol–water partition coefficient (Wildman–Crippen LogP) is 3.54. The number of anilines is 1. The Hall–Kier alpha value is -2.72. The molecule has 3 aromatic rings. The van der Waals surface area contributed by atoms with Gasteiger partial charge in [-0.15, -0.1) is 11.3 Å². The van der Waals surface area contributed by atoms with Crippen molar-refractivity contribution in [2.24, 2.45) is 0 Å². The van der Waals surface area contributed by atoms with Crippen LogP contribution in [0.5, 0.6) is 0 Å². The van der Waals surface area contributed by atoms with Crippen LogP contribution in [0, 0.1) is 24.0 Å². The van der Waals surface area contributed by atoms with Crippen LogP contribution in [0.2, 0.25) is 0 Å². The number of thiophene rings is 1. The zero-order valence-corrected chi connectivity index (χ0v) is 17.0. The van der Waals surface area contributed by atoms with Crippen LogP contribution in [0.4, 0.5) is 11.4 Å². The van der Waals surface area contributed by atoms with Crippen molar-refractivity contribution in [1.82, 2.24) is 15.3 Å². The van der Waals surface area contributed by atoms with E-state index in [0.717, 1.165) is 20.8 Å². The number of carbonyl (C=O) groups excluding carboxylic acids is 1. The van der Waals surface area contributed by atoms with E-state index in [4.69, 9.17) is 0 Å². The van der Waals surface area contributed by atoms with Gasteiger partial charge in [0.05, 0.1) is 10.7 Å². The highest BCUT2D eigenvalue weighted by molar-refractivity contribution is 8.00. The van der Waals surface area contributed by atoms with E-state index in [0.29, 0.717) is 18.8 Å². The summed E-state index contributed by atoms with van der Waals surface area (Å²) in [6, 6.07) is 6.42. The Bertz CT molecular complexity index is 1020. The number of aryl methyl sites for hydroxylation is 2. The lowest BCUT2D eigenvalue weighted by Crippen LogP contribution is -2.30. The van der Waals surface area contributed by atoms with Gasteiger partial charge in [-0.1, -0.05) is 23.9 Å². The molecule has 0 radical (unpaired) electrons. The van der Waals surface area contributed by atoms with Crippen LogP contribution < -0.4 is 10.6 Å². The summed E-state index contributed by atoms with van der Waals surface area (Å²) < 4.78 is 0. The van der Waals surface area contributed by atoms with Gasteiger partial charge in [-0.3, -0.25) is 14.9 Å². The third-order valence-corrected chi connectivity index (χ3v) is 6.24. The first-order valence-corrected chi connectivity index (χ1v) is 10.3. The number of amides is 1. The molecular formula is C18H19N5O3S2. The fourth-order valence-corrected chi connectivity index (χ4v) is 4.57. The van der Waals surface area contributed by atoms with Crippen molar-refractivity contribution >= 4 is 50.6 Å². The fraction of sp³-hybridized carbons (Fsp3) is 0.278. The maximum Gasteiger partial charge on any atom is 0.292 e. The maximum atomic E-state index is 12.1. The van der Waals surface area contributed by atoms with E-state index >= 15 is 0 Å². The summed E-state index contributed by atoms with van der Waals surface area (Å²) in [4.78, 5) is 33.4. The molecule has 0 unspecified atom stereocenters. The Kier molecular flexibility index (Phi) is 6.42.